The fourth-order valence-electron chi connectivity index (χ4n) is 3.83. The van der Waals surface area contributed by atoms with Crippen LogP contribution < -0.4 is 10.6 Å². The molecule has 3 heteroatoms. The zero-order valence-corrected chi connectivity index (χ0v) is 13.8. The lowest BCUT2D eigenvalue weighted by Crippen LogP contribution is -2.45. The van der Waals surface area contributed by atoms with E-state index in [4.69, 9.17) is 0 Å². The number of piperidine rings is 1. The number of hydrogen-bond donors (Lipinski definition) is 2. The number of unbranched alkanes of at least 4 members (excludes halogenated alkanes) is 1. The van der Waals surface area contributed by atoms with Crippen LogP contribution >= 0.6 is 0 Å². The van der Waals surface area contributed by atoms with E-state index >= 15 is 0 Å². The number of fused-ring (bicyclic) bond motifs is 1. The van der Waals surface area contributed by atoms with Crippen LogP contribution in [0.3, 0.4) is 0 Å². The standard InChI is InChI=1S/C19H28N2O/c1-19(2,11-7-6-10-14-8-4-3-5-9-14)21-18(22)17-15-12-20-13-16(15)17/h3-5,8-9,15-17,20H,6-7,10-13H2,1-2H3,(H,21,22)/t15-,16+,17?. The second-order valence-electron chi connectivity index (χ2n) is 7.58. The summed E-state index contributed by atoms with van der Waals surface area (Å²) >= 11 is 0. The molecule has 3 atom stereocenters. The maximum absolute atomic E-state index is 12.3. The Labute approximate surface area is 133 Å². The van der Waals surface area contributed by atoms with Crippen LogP contribution in [0.2, 0.25) is 0 Å². The number of amides is 1. The van der Waals surface area contributed by atoms with Gasteiger partial charge in [-0.05, 0) is 63.6 Å². The molecule has 1 amide bonds. The van der Waals surface area contributed by atoms with E-state index in [1.165, 1.54) is 12.0 Å². The summed E-state index contributed by atoms with van der Waals surface area (Å²) in [6.45, 7) is 6.37. The molecule has 1 unspecified atom stereocenters. The third-order valence-corrected chi connectivity index (χ3v) is 5.22. The highest BCUT2D eigenvalue weighted by Gasteiger charge is 2.57. The predicted molar refractivity (Wildman–Crippen MR) is 89.6 cm³/mol. The van der Waals surface area contributed by atoms with E-state index in [0.29, 0.717) is 11.8 Å². The molecule has 22 heavy (non-hydrogen) atoms. The molecule has 0 spiro atoms. The van der Waals surface area contributed by atoms with Crippen molar-refractivity contribution in [3.63, 3.8) is 0 Å². The lowest BCUT2D eigenvalue weighted by atomic mass is 9.95. The fourth-order valence-corrected chi connectivity index (χ4v) is 3.83. The molecule has 2 aliphatic rings. The number of hydrogen-bond acceptors (Lipinski definition) is 2. The zero-order valence-electron chi connectivity index (χ0n) is 13.8. The second kappa shape index (κ2) is 6.41. The Balaban J connectivity index is 1.37. The molecular formula is C19H28N2O. The van der Waals surface area contributed by atoms with E-state index in [9.17, 15) is 4.79 Å². The molecule has 3 rings (SSSR count). The van der Waals surface area contributed by atoms with Crippen LogP contribution in [0.15, 0.2) is 30.3 Å². The van der Waals surface area contributed by atoms with Crippen LogP contribution in [0.1, 0.15) is 38.7 Å². The highest BCUT2D eigenvalue weighted by Crippen LogP contribution is 2.48. The van der Waals surface area contributed by atoms with Gasteiger partial charge in [0, 0.05) is 11.5 Å². The Kier molecular flexibility index (Phi) is 4.53. The molecule has 0 aromatic heterocycles. The molecule has 1 aliphatic heterocycles. The van der Waals surface area contributed by atoms with Gasteiger partial charge in [-0.25, -0.2) is 0 Å². The van der Waals surface area contributed by atoms with Crippen molar-refractivity contribution in [2.24, 2.45) is 17.8 Å². The van der Waals surface area contributed by atoms with Crippen LogP contribution in [0.4, 0.5) is 0 Å². The molecule has 0 radical (unpaired) electrons. The molecule has 3 nitrogen and oxygen atoms in total. The third kappa shape index (κ3) is 3.70. The summed E-state index contributed by atoms with van der Waals surface area (Å²) in [6, 6.07) is 10.6. The van der Waals surface area contributed by atoms with Crippen molar-refractivity contribution < 1.29 is 4.79 Å². The SMILES string of the molecule is CC(C)(CCCCc1ccccc1)NC(=O)C1[C@H]2CNC[C@@H]12. The van der Waals surface area contributed by atoms with E-state index in [-0.39, 0.29) is 17.4 Å². The van der Waals surface area contributed by atoms with Gasteiger partial charge >= 0.3 is 0 Å². The molecule has 2 fully saturated rings. The van der Waals surface area contributed by atoms with E-state index < -0.39 is 0 Å². The summed E-state index contributed by atoms with van der Waals surface area (Å²) in [7, 11) is 0. The normalized spacial score (nSPS) is 26.5. The van der Waals surface area contributed by atoms with Crippen molar-refractivity contribution >= 4 is 5.91 Å². The van der Waals surface area contributed by atoms with Crippen molar-refractivity contribution in [1.29, 1.82) is 0 Å². The summed E-state index contributed by atoms with van der Waals surface area (Å²) in [5.74, 6) is 1.78. The van der Waals surface area contributed by atoms with Gasteiger partial charge in [0.05, 0.1) is 0 Å². The van der Waals surface area contributed by atoms with Crippen LogP contribution in [-0.4, -0.2) is 24.5 Å². The predicted octanol–water partition coefficient (Wildman–Crippen LogP) is 2.76. The first-order valence-electron chi connectivity index (χ1n) is 8.63. The van der Waals surface area contributed by atoms with Crippen LogP contribution in [0.5, 0.6) is 0 Å². The molecular weight excluding hydrogens is 272 g/mol. The monoisotopic (exact) mass is 300 g/mol. The van der Waals surface area contributed by atoms with Crippen LogP contribution in [0.25, 0.3) is 0 Å². The highest BCUT2D eigenvalue weighted by atomic mass is 16.2. The van der Waals surface area contributed by atoms with Gasteiger partial charge < -0.3 is 10.6 Å². The maximum atomic E-state index is 12.3. The average Bonchev–Trinajstić information content (AvgIpc) is 2.98. The smallest absolute Gasteiger partial charge is 0.224 e. The van der Waals surface area contributed by atoms with E-state index in [2.05, 4.69) is 54.8 Å². The van der Waals surface area contributed by atoms with Crippen LogP contribution in [0, 0.1) is 17.8 Å². The molecule has 1 heterocycles. The van der Waals surface area contributed by atoms with Gasteiger partial charge in [-0.1, -0.05) is 36.8 Å². The minimum atomic E-state index is -0.0852. The van der Waals surface area contributed by atoms with Gasteiger partial charge in [0.2, 0.25) is 5.91 Å². The Bertz CT molecular complexity index is 501. The largest absolute Gasteiger partial charge is 0.351 e. The number of aryl methyl sites for hydroxylation is 1. The molecule has 1 aliphatic carbocycles. The number of nitrogens with one attached hydrogen (secondary N) is 2. The summed E-state index contributed by atoms with van der Waals surface area (Å²) in [5.41, 5.74) is 1.32. The Morgan fingerprint density at radius 3 is 2.55 bits per heavy atom. The minimum absolute atomic E-state index is 0.0852. The fraction of sp³-hybridized carbons (Fsp3) is 0.632. The molecule has 1 saturated heterocycles. The molecule has 1 saturated carbocycles. The number of carbonyl (C=O) groups is 1. The van der Waals surface area contributed by atoms with Gasteiger partial charge in [-0.2, -0.15) is 0 Å². The summed E-state index contributed by atoms with van der Waals surface area (Å²) < 4.78 is 0. The highest BCUT2D eigenvalue weighted by molar-refractivity contribution is 5.83. The molecule has 0 bridgehead atoms. The quantitative estimate of drug-likeness (QED) is 0.760. The topological polar surface area (TPSA) is 41.1 Å². The summed E-state index contributed by atoms with van der Waals surface area (Å²) in [5, 5.41) is 6.63. The number of benzene rings is 1. The lowest BCUT2D eigenvalue weighted by Gasteiger charge is -2.27. The average molecular weight is 300 g/mol. The zero-order chi connectivity index (χ0) is 15.6. The first-order valence-corrected chi connectivity index (χ1v) is 8.63. The van der Waals surface area contributed by atoms with Crippen molar-refractivity contribution in [3.8, 4) is 0 Å². The van der Waals surface area contributed by atoms with Gasteiger partial charge in [0.25, 0.3) is 0 Å². The van der Waals surface area contributed by atoms with Crippen molar-refractivity contribution in [2.45, 2.75) is 45.1 Å². The first kappa shape index (κ1) is 15.5. The molecule has 1 aromatic carbocycles. The van der Waals surface area contributed by atoms with E-state index in [1.807, 2.05) is 0 Å². The Morgan fingerprint density at radius 2 is 1.86 bits per heavy atom. The van der Waals surface area contributed by atoms with E-state index in [0.717, 1.165) is 32.4 Å². The van der Waals surface area contributed by atoms with Crippen molar-refractivity contribution in [2.75, 3.05) is 13.1 Å². The maximum Gasteiger partial charge on any atom is 0.224 e. The van der Waals surface area contributed by atoms with Crippen LogP contribution in [-0.2, 0) is 11.2 Å². The van der Waals surface area contributed by atoms with Gasteiger partial charge in [0.1, 0.15) is 0 Å². The first-order chi connectivity index (χ1) is 10.6. The van der Waals surface area contributed by atoms with Gasteiger partial charge in [0.15, 0.2) is 0 Å². The molecule has 120 valence electrons. The molecule has 2 N–H and O–H groups in total. The summed E-state index contributed by atoms with van der Waals surface area (Å²) in [6.07, 6.45) is 4.51. The summed E-state index contributed by atoms with van der Waals surface area (Å²) in [4.78, 5) is 12.3. The molecule has 1 aromatic rings. The Morgan fingerprint density at radius 1 is 1.18 bits per heavy atom. The van der Waals surface area contributed by atoms with Crippen molar-refractivity contribution in [1.82, 2.24) is 10.6 Å². The van der Waals surface area contributed by atoms with Gasteiger partial charge in [-0.3, -0.25) is 4.79 Å². The third-order valence-electron chi connectivity index (χ3n) is 5.22. The second-order valence-corrected chi connectivity index (χ2v) is 7.58. The van der Waals surface area contributed by atoms with Crippen molar-refractivity contribution in [3.05, 3.63) is 35.9 Å². The minimum Gasteiger partial charge on any atom is -0.351 e. The van der Waals surface area contributed by atoms with E-state index in [1.54, 1.807) is 0 Å². The van der Waals surface area contributed by atoms with Gasteiger partial charge in [-0.15, -0.1) is 0 Å². The number of rotatable bonds is 7. The Hall–Kier alpha value is -1.35. The number of carbonyl (C=O) groups excluding carboxylic acids is 1. The lowest BCUT2D eigenvalue weighted by molar-refractivity contribution is -0.124.